The molecule has 7 nitrogen and oxygen atoms in total. The van der Waals surface area contributed by atoms with E-state index in [0.29, 0.717) is 19.7 Å². The van der Waals surface area contributed by atoms with E-state index in [1.54, 1.807) is 0 Å². The molecule has 7 heteroatoms. The number of hydrogen-bond donors (Lipinski definition) is 1. The Hall–Kier alpha value is -2.28. The molecule has 27 heavy (non-hydrogen) atoms. The lowest BCUT2D eigenvalue weighted by atomic mass is 10.2. The molecule has 0 radical (unpaired) electrons. The van der Waals surface area contributed by atoms with Crippen LogP contribution in [0.5, 0.6) is 0 Å². The van der Waals surface area contributed by atoms with Gasteiger partial charge in [-0.25, -0.2) is 9.59 Å². The largest absolute Gasteiger partial charge is 0.445 e. The highest BCUT2D eigenvalue weighted by Crippen LogP contribution is 2.10. The zero-order valence-corrected chi connectivity index (χ0v) is 17.0. The van der Waals surface area contributed by atoms with Crippen LogP contribution in [0.2, 0.25) is 0 Å². The summed E-state index contributed by atoms with van der Waals surface area (Å²) in [4.78, 5) is 25.7. The molecule has 0 saturated carbocycles. The highest BCUT2D eigenvalue weighted by Gasteiger charge is 2.22. The van der Waals surface area contributed by atoms with Crippen LogP contribution in [0.25, 0.3) is 0 Å². The second-order valence-electron chi connectivity index (χ2n) is 7.38. The molecule has 0 saturated heterocycles. The maximum absolute atomic E-state index is 12.3. The number of ether oxygens (including phenoxy) is 3. The van der Waals surface area contributed by atoms with Gasteiger partial charge in [0.25, 0.3) is 0 Å². The quantitative estimate of drug-likeness (QED) is 0.709. The van der Waals surface area contributed by atoms with Crippen molar-refractivity contribution in [2.75, 3.05) is 26.2 Å². The first-order valence-corrected chi connectivity index (χ1v) is 9.21. The normalized spacial score (nSPS) is 11.2. The number of hydrogen-bond acceptors (Lipinski definition) is 5. The topological polar surface area (TPSA) is 77.1 Å². The van der Waals surface area contributed by atoms with Gasteiger partial charge in [0.05, 0.1) is 12.7 Å². The summed E-state index contributed by atoms with van der Waals surface area (Å²) in [5.41, 5.74) is 0.324. The van der Waals surface area contributed by atoms with Gasteiger partial charge >= 0.3 is 12.2 Å². The van der Waals surface area contributed by atoms with Crippen LogP contribution in [-0.2, 0) is 20.8 Å². The van der Waals surface area contributed by atoms with Crippen LogP contribution in [-0.4, -0.2) is 55.0 Å². The van der Waals surface area contributed by atoms with Crippen LogP contribution in [0.3, 0.4) is 0 Å². The van der Waals surface area contributed by atoms with Gasteiger partial charge in [-0.05, 0) is 40.2 Å². The fourth-order valence-electron chi connectivity index (χ4n) is 2.09. The fraction of sp³-hybridized carbons (Fsp3) is 0.600. The lowest BCUT2D eigenvalue weighted by molar-refractivity contribution is 0.0119. The van der Waals surface area contributed by atoms with Crippen LogP contribution >= 0.6 is 0 Å². The zero-order valence-electron chi connectivity index (χ0n) is 17.0. The Morgan fingerprint density at radius 1 is 1.11 bits per heavy atom. The summed E-state index contributed by atoms with van der Waals surface area (Å²) >= 11 is 0. The standard InChI is InChI=1S/C20H32N2O5/c1-16(2)25-14-13-22(19(24)27-20(3,4)5)12-11-21-18(23)26-15-17-9-7-6-8-10-17/h6-10,16H,11-15H2,1-5H3,(H,21,23). The predicted molar refractivity (Wildman–Crippen MR) is 104 cm³/mol. The van der Waals surface area contributed by atoms with Crippen LogP contribution in [0, 0.1) is 0 Å². The minimum absolute atomic E-state index is 0.0802. The van der Waals surface area contributed by atoms with Crippen LogP contribution in [0.15, 0.2) is 30.3 Å². The van der Waals surface area contributed by atoms with Crippen molar-refractivity contribution in [3.63, 3.8) is 0 Å². The van der Waals surface area contributed by atoms with E-state index >= 15 is 0 Å². The third kappa shape index (κ3) is 11.1. The van der Waals surface area contributed by atoms with E-state index in [-0.39, 0.29) is 19.3 Å². The molecule has 0 fully saturated rings. The first-order chi connectivity index (χ1) is 12.7. The molecule has 0 aliphatic rings. The Morgan fingerprint density at radius 3 is 2.37 bits per heavy atom. The molecule has 1 aromatic rings. The van der Waals surface area contributed by atoms with Gasteiger partial charge in [-0.15, -0.1) is 0 Å². The van der Waals surface area contributed by atoms with Gasteiger partial charge in [0.2, 0.25) is 0 Å². The molecule has 1 N–H and O–H groups in total. The highest BCUT2D eigenvalue weighted by molar-refractivity contribution is 5.69. The molecule has 0 atom stereocenters. The Balaban J connectivity index is 2.41. The van der Waals surface area contributed by atoms with Crippen molar-refractivity contribution >= 4 is 12.2 Å². The molecule has 0 spiro atoms. The van der Waals surface area contributed by atoms with Gasteiger partial charge in [-0.1, -0.05) is 30.3 Å². The second kappa shape index (κ2) is 11.4. The summed E-state index contributed by atoms with van der Waals surface area (Å²) in [7, 11) is 0. The van der Waals surface area contributed by atoms with Crippen molar-refractivity contribution < 1.29 is 23.8 Å². The molecule has 0 unspecified atom stereocenters. The molecule has 1 rings (SSSR count). The van der Waals surface area contributed by atoms with E-state index in [0.717, 1.165) is 5.56 Å². The molecular formula is C20H32N2O5. The van der Waals surface area contributed by atoms with E-state index in [1.807, 2.05) is 65.0 Å². The van der Waals surface area contributed by atoms with Gasteiger partial charge in [0, 0.05) is 19.6 Å². The minimum atomic E-state index is -0.587. The fourth-order valence-corrected chi connectivity index (χ4v) is 2.09. The molecule has 0 heterocycles. The van der Waals surface area contributed by atoms with Crippen molar-refractivity contribution in [2.45, 2.75) is 52.9 Å². The summed E-state index contributed by atoms with van der Waals surface area (Å²) in [5, 5.41) is 2.65. The molecule has 2 amide bonds. The third-order valence-electron chi connectivity index (χ3n) is 3.33. The smallest absolute Gasteiger partial charge is 0.410 e. The number of carbonyl (C=O) groups excluding carboxylic acids is 2. The zero-order chi connectivity index (χ0) is 20.3. The molecule has 0 aliphatic carbocycles. The summed E-state index contributed by atoms with van der Waals surface area (Å²) < 4.78 is 16.1. The number of rotatable bonds is 9. The van der Waals surface area contributed by atoms with E-state index in [2.05, 4.69) is 5.32 Å². The minimum Gasteiger partial charge on any atom is -0.445 e. The molecule has 0 aromatic heterocycles. The summed E-state index contributed by atoms with van der Waals surface area (Å²) in [6, 6.07) is 9.43. The number of alkyl carbamates (subject to hydrolysis) is 1. The van der Waals surface area contributed by atoms with Gasteiger partial charge in [0.1, 0.15) is 12.2 Å². The van der Waals surface area contributed by atoms with Crippen molar-refractivity contribution in [2.24, 2.45) is 0 Å². The lowest BCUT2D eigenvalue weighted by Gasteiger charge is -2.27. The number of amides is 2. The lowest BCUT2D eigenvalue weighted by Crippen LogP contribution is -2.43. The second-order valence-corrected chi connectivity index (χ2v) is 7.38. The van der Waals surface area contributed by atoms with Crippen LogP contribution < -0.4 is 5.32 Å². The molecule has 1 aromatic carbocycles. The third-order valence-corrected chi connectivity index (χ3v) is 3.33. The first-order valence-electron chi connectivity index (χ1n) is 9.21. The Bertz CT molecular complexity index is 569. The highest BCUT2D eigenvalue weighted by atomic mass is 16.6. The van der Waals surface area contributed by atoms with E-state index < -0.39 is 17.8 Å². The molecule has 0 aliphatic heterocycles. The molecular weight excluding hydrogens is 348 g/mol. The van der Waals surface area contributed by atoms with Crippen molar-refractivity contribution in [1.29, 1.82) is 0 Å². The Labute approximate surface area is 162 Å². The van der Waals surface area contributed by atoms with E-state index in [4.69, 9.17) is 14.2 Å². The van der Waals surface area contributed by atoms with E-state index in [9.17, 15) is 9.59 Å². The van der Waals surface area contributed by atoms with Crippen LogP contribution in [0.4, 0.5) is 9.59 Å². The molecule has 0 bridgehead atoms. The summed E-state index contributed by atoms with van der Waals surface area (Å²) in [6.07, 6.45) is -0.882. The van der Waals surface area contributed by atoms with Gasteiger partial charge in [0.15, 0.2) is 0 Å². The van der Waals surface area contributed by atoms with Crippen LogP contribution in [0.1, 0.15) is 40.2 Å². The van der Waals surface area contributed by atoms with Gasteiger partial charge in [-0.2, -0.15) is 0 Å². The summed E-state index contributed by atoms with van der Waals surface area (Å²) in [5.74, 6) is 0. The van der Waals surface area contributed by atoms with E-state index in [1.165, 1.54) is 4.90 Å². The number of nitrogens with zero attached hydrogens (tertiary/aromatic N) is 1. The Kier molecular flexibility index (Phi) is 9.64. The average molecular weight is 380 g/mol. The van der Waals surface area contributed by atoms with Crippen molar-refractivity contribution in [3.8, 4) is 0 Å². The predicted octanol–water partition coefficient (Wildman–Crippen LogP) is 3.57. The average Bonchev–Trinajstić information content (AvgIpc) is 2.57. The summed E-state index contributed by atoms with van der Waals surface area (Å²) in [6.45, 7) is 10.8. The number of nitrogens with one attached hydrogen (secondary N) is 1. The van der Waals surface area contributed by atoms with Gasteiger partial charge < -0.3 is 24.4 Å². The Morgan fingerprint density at radius 2 is 1.78 bits per heavy atom. The van der Waals surface area contributed by atoms with Crippen molar-refractivity contribution in [1.82, 2.24) is 10.2 Å². The SMILES string of the molecule is CC(C)OCCN(CCNC(=O)OCc1ccccc1)C(=O)OC(C)(C)C. The number of carbonyl (C=O) groups is 2. The number of benzene rings is 1. The molecule has 152 valence electrons. The van der Waals surface area contributed by atoms with Crippen molar-refractivity contribution in [3.05, 3.63) is 35.9 Å². The first kappa shape index (κ1) is 22.8. The monoisotopic (exact) mass is 380 g/mol. The maximum Gasteiger partial charge on any atom is 0.410 e. The maximum atomic E-state index is 12.3. The van der Waals surface area contributed by atoms with Gasteiger partial charge in [-0.3, -0.25) is 0 Å².